The first-order valence-corrected chi connectivity index (χ1v) is 11.8. The molecular formula is C21H21ClN4O6S. The van der Waals surface area contributed by atoms with Gasteiger partial charge in [0.05, 0.1) is 34.9 Å². The van der Waals surface area contributed by atoms with Crippen LogP contribution in [0, 0.1) is 6.92 Å². The van der Waals surface area contributed by atoms with Gasteiger partial charge >= 0.3 is 0 Å². The fraction of sp³-hybridized carbons (Fsp3) is 0.286. The molecule has 1 N–H and O–H groups in total. The summed E-state index contributed by atoms with van der Waals surface area (Å²) in [6.07, 6.45) is 0.577. The number of carbonyl (C=O) groups excluding carboxylic acids is 1. The van der Waals surface area contributed by atoms with Crippen molar-refractivity contribution in [2.24, 2.45) is 0 Å². The summed E-state index contributed by atoms with van der Waals surface area (Å²) < 4.78 is 44.4. The number of halogens is 1. The van der Waals surface area contributed by atoms with Crippen molar-refractivity contribution in [1.82, 2.24) is 10.1 Å². The average Bonchev–Trinajstić information content (AvgIpc) is 3.23. The molecule has 4 rings (SSSR count). The maximum absolute atomic E-state index is 13.1. The smallest absolute Gasteiger partial charge is 0.265 e. The third kappa shape index (κ3) is 4.60. The number of methoxy groups -OCH3 is 1. The van der Waals surface area contributed by atoms with Gasteiger partial charge in [-0.1, -0.05) is 23.7 Å². The van der Waals surface area contributed by atoms with Crippen LogP contribution in [0.15, 0.2) is 39.8 Å². The molecule has 33 heavy (non-hydrogen) atoms. The summed E-state index contributed by atoms with van der Waals surface area (Å²) in [4.78, 5) is 18.2. The Kier molecular flexibility index (Phi) is 6.17. The first-order valence-electron chi connectivity index (χ1n) is 9.97. The Bertz CT molecular complexity index is 1320. The molecule has 174 valence electrons. The Morgan fingerprint density at radius 1 is 1.27 bits per heavy atom. The number of nitrogens with zero attached hydrogens (tertiary/aromatic N) is 3. The van der Waals surface area contributed by atoms with E-state index in [0.29, 0.717) is 35.1 Å². The number of aromatic nitrogens is 2. The lowest BCUT2D eigenvalue weighted by Crippen LogP contribution is -2.38. The van der Waals surface area contributed by atoms with Crippen molar-refractivity contribution in [3.8, 4) is 11.5 Å². The topological polar surface area (TPSA) is 124 Å². The molecule has 0 atom stereocenters. The lowest BCUT2D eigenvalue weighted by Gasteiger charge is -2.29. The van der Waals surface area contributed by atoms with Crippen molar-refractivity contribution >= 4 is 38.9 Å². The standard InChI is InChI=1S/C21H21ClN4O6S/c1-4-20-23-19(24-32-20)10-26-15-7-12(2)18(9-17(15)31-11-21(26)27)33(28,29)25-13-5-6-16(30-3)14(22)8-13/h5-9,25H,4,10-11H2,1-3H3. The van der Waals surface area contributed by atoms with Crippen LogP contribution in [-0.2, 0) is 27.8 Å². The minimum Gasteiger partial charge on any atom is -0.495 e. The molecule has 1 aromatic heterocycles. The Labute approximate surface area is 195 Å². The number of rotatable bonds is 7. The van der Waals surface area contributed by atoms with Gasteiger partial charge in [-0.25, -0.2) is 8.42 Å². The lowest BCUT2D eigenvalue weighted by atomic mass is 10.1. The number of nitrogens with one attached hydrogen (secondary N) is 1. The Morgan fingerprint density at radius 3 is 2.73 bits per heavy atom. The fourth-order valence-electron chi connectivity index (χ4n) is 3.37. The first-order chi connectivity index (χ1) is 15.7. The molecule has 0 radical (unpaired) electrons. The van der Waals surface area contributed by atoms with Gasteiger partial charge in [0.15, 0.2) is 12.4 Å². The second-order valence-corrected chi connectivity index (χ2v) is 9.32. The molecule has 0 saturated heterocycles. The van der Waals surface area contributed by atoms with Gasteiger partial charge in [0.2, 0.25) is 5.89 Å². The van der Waals surface area contributed by atoms with Crippen LogP contribution in [0.4, 0.5) is 11.4 Å². The van der Waals surface area contributed by atoms with Crippen LogP contribution in [0.3, 0.4) is 0 Å². The summed E-state index contributed by atoms with van der Waals surface area (Å²) in [5.41, 5.74) is 1.13. The van der Waals surface area contributed by atoms with E-state index >= 15 is 0 Å². The van der Waals surface area contributed by atoms with Crippen LogP contribution in [0.2, 0.25) is 5.02 Å². The average molecular weight is 493 g/mol. The third-order valence-electron chi connectivity index (χ3n) is 5.01. The number of fused-ring (bicyclic) bond motifs is 1. The predicted octanol–water partition coefficient (Wildman–Crippen LogP) is 3.33. The highest BCUT2D eigenvalue weighted by Crippen LogP contribution is 2.38. The molecule has 10 nitrogen and oxygen atoms in total. The van der Waals surface area contributed by atoms with Gasteiger partial charge < -0.3 is 14.0 Å². The van der Waals surface area contributed by atoms with Crippen molar-refractivity contribution in [2.75, 3.05) is 23.3 Å². The second-order valence-electron chi connectivity index (χ2n) is 7.27. The number of amides is 1. The number of ether oxygens (including phenoxy) is 2. The van der Waals surface area contributed by atoms with Crippen LogP contribution in [-0.4, -0.2) is 38.2 Å². The van der Waals surface area contributed by atoms with Gasteiger partial charge in [0, 0.05) is 12.5 Å². The van der Waals surface area contributed by atoms with E-state index in [2.05, 4.69) is 14.9 Å². The summed E-state index contributed by atoms with van der Waals surface area (Å²) in [6.45, 7) is 3.35. The molecule has 0 saturated carbocycles. The zero-order valence-corrected chi connectivity index (χ0v) is 19.7. The predicted molar refractivity (Wildman–Crippen MR) is 120 cm³/mol. The second kappa shape index (κ2) is 8.91. The molecule has 2 aromatic carbocycles. The van der Waals surface area contributed by atoms with Crippen molar-refractivity contribution in [2.45, 2.75) is 31.7 Å². The highest BCUT2D eigenvalue weighted by molar-refractivity contribution is 7.92. The van der Waals surface area contributed by atoms with Gasteiger partial charge in [0.25, 0.3) is 15.9 Å². The molecule has 2 heterocycles. The van der Waals surface area contributed by atoms with Gasteiger partial charge in [-0.3, -0.25) is 14.4 Å². The number of anilines is 2. The van der Waals surface area contributed by atoms with E-state index in [1.54, 1.807) is 25.1 Å². The minimum atomic E-state index is -3.98. The molecule has 1 amide bonds. The zero-order chi connectivity index (χ0) is 23.8. The van der Waals surface area contributed by atoms with Gasteiger partial charge in [0.1, 0.15) is 11.5 Å². The van der Waals surface area contributed by atoms with E-state index in [0.717, 1.165) is 0 Å². The van der Waals surface area contributed by atoms with Gasteiger partial charge in [-0.05, 0) is 36.8 Å². The molecule has 0 bridgehead atoms. The molecular weight excluding hydrogens is 472 g/mol. The SMILES string of the molecule is CCc1nc(CN2C(=O)COc3cc(S(=O)(=O)Nc4ccc(OC)c(Cl)c4)c(C)cc32)no1. The van der Waals surface area contributed by atoms with Gasteiger partial charge in [-0.15, -0.1) is 0 Å². The number of sulfonamides is 1. The van der Waals surface area contributed by atoms with E-state index in [-0.39, 0.29) is 40.4 Å². The van der Waals surface area contributed by atoms with Crippen LogP contribution in [0.5, 0.6) is 11.5 Å². The number of benzene rings is 2. The molecule has 12 heteroatoms. The molecule has 1 aliphatic rings. The van der Waals surface area contributed by atoms with Crippen molar-refractivity contribution in [3.63, 3.8) is 0 Å². The van der Waals surface area contributed by atoms with Crippen LogP contribution in [0.25, 0.3) is 0 Å². The van der Waals surface area contributed by atoms with E-state index in [1.165, 1.54) is 24.1 Å². The lowest BCUT2D eigenvalue weighted by molar-refractivity contribution is -0.121. The van der Waals surface area contributed by atoms with Crippen LogP contribution in [0.1, 0.15) is 24.2 Å². The maximum Gasteiger partial charge on any atom is 0.265 e. The molecule has 0 unspecified atom stereocenters. The highest BCUT2D eigenvalue weighted by atomic mass is 35.5. The molecule has 0 aliphatic carbocycles. The first kappa shape index (κ1) is 22.9. The monoisotopic (exact) mass is 492 g/mol. The quantitative estimate of drug-likeness (QED) is 0.532. The van der Waals surface area contributed by atoms with Crippen molar-refractivity contribution < 1.29 is 27.2 Å². The van der Waals surface area contributed by atoms with E-state index in [4.69, 9.17) is 25.6 Å². The molecule has 3 aromatic rings. The zero-order valence-electron chi connectivity index (χ0n) is 18.1. The number of hydrogen-bond acceptors (Lipinski definition) is 8. The number of hydrogen-bond donors (Lipinski definition) is 1. The normalized spacial score (nSPS) is 13.5. The Morgan fingerprint density at radius 2 is 2.06 bits per heavy atom. The summed E-state index contributed by atoms with van der Waals surface area (Å²) >= 11 is 6.10. The van der Waals surface area contributed by atoms with E-state index in [9.17, 15) is 13.2 Å². The summed E-state index contributed by atoms with van der Waals surface area (Å²) in [5, 5.41) is 4.16. The Hall–Kier alpha value is -3.31. The van der Waals surface area contributed by atoms with Crippen molar-refractivity contribution in [1.29, 1.82) is 0 Å². The van der Waals surface area contributed by atoms with E-state index in [1.807, 2.05) is 6.92 Å². The molecule has 0 spiro atoms. The fourth-order valence-corrected chi connectivity index (χ4v) is 4.92. The molecule has 1 aliphatic heterocycles. The third-order valence-corrected chi connectivity index (χ3v) is 6.82. The van der Waals surface area contributed by atoms with Crippen molar-refractivity contribution in [3.05, 3.63) is 52.6 Å². The summed E-state index contributed by atoms with van der Waals surface area (Å²) in [6, 6.07) is 7.54. The number of aryl methyl sites for hydroxylation is 2. The van der Waals surface area contributed by atoms with Gasteiger partial charge in [-0.2, -0.15) is 4.98 Å². The maximum atomic E-state index is 13.1. The largest absolute Gasteiger partial charge is 0.495 e. The Balaban J connectivity index is 1.65. The van der Waals surface area contributed by atoms with Crippen LogP contribution >= 0.6 is 11.6 Å². The summed E-state index contributed by atoms with van der Waals surface area (Å²) in [7, 11) is -2.51. The minimum absolute atomic E-state index is 0.00956. The summed E-state index contributed by atoms with van der Waals surface area (Å²) in [5.74, 6) is 1.20. The van der Waals surface area contributed by atoms with E-state index < -0.39 is 10.0 Å². The van der Waals surface area contributed by atoms with Crippen LogP contribution < -0.4 is 19.1 Å². The number of carbonyl (C=O) groups is 1. The highest BCUT2D eigenvalue weighted by Gasteiger charge is 2.30. The molecule has 0 fully saturated rings.